The molecule has 0 saturated carbocycles. The predicted molar refractivity (Wildman–Crippen MR) is 77.6 cm³/mol. The van der Waals surface area contributed by atoms with Crippen LogP contribution in [0, 0.1) is 5.92 Å². The van der Waals surface area contributed by atoms with Gasteiger partial charge in [-0.3, -0.25) is 9.89 Å². The first kappa shape index (κ1) is 16.0. The van der Waals surface area contributed by atoms with E-state index in [0.29, 0.717) is 24.1 Å². The summed E-state index contributed by atoms with van der Waals surface area (Å²) in [6.07, 6.45) is 0.990. The second kappa shape index (κ2) is 6.39. The van der Waals surface area contributed by atoms with Crippen LogP contribution >= 0.6 is 12.4 Å². The average molecular weight is 287 g/mol. The number of nitrogens with one attached hydrogen (secondary N) is 1. The lowest BCUT2D eigenvalue weighted by Gasteiger charge is -2.20. The van der Waals surface area contributed by atoms with Crippen LogP contribution in [-0.2, 0) is 0 Å². The molecule has 1 aliphatic rings. The summed E-state index contributed by atoms with van der Waals surface area (Å²) >= 11 is 0. The third-order valence-electron chi connectivity index (χ3n) is 3.69. The number of carbonyl (C=O) groups is 1. The number of aromatic nitrogens is 2. The summed E-state index contributed by atoms with van der Waals surface area (Å²) in [6.45, 7) is 7.62. The van der Waals surface area contributed by atoms with Gasteiger partial charge in [-0.1, -0.05) is 13.8 Å². The number of halogens is 1. The summed E-state index contributed by atoms with van der Waals surface area (Å²) in [5, 5.41) is 7.05. The maximum atomic E-state index is 12.4. The van der Waals surface area contributed by atoms with Crippen LogP contribution in [0.25, 0.3) is 0 Å². The Kier molecular flexibility index (Phi) is 5.38. The van der Waals surface area contributed by atoms with Crippen LogP contribution in [0.4, 0.5) is 0 Å². The van der Waals surface area contributed by atoms with Crippen LogP contribution in [0.1, 0.15) is 49.3 Å². The lowest BCUT2D eigenvalue weighted by molar-refractivity contribution is 0.0737. The highest BCUT2D eigenvalue weighted by Crippen LogP contribution is 2.24. The molecule has 0 aliphatic carbocycles. The molecule has 1 saturated heterocycles. The minimum absolute atomic E-state index is 0. The SMILES string of the molecule is CC(C)c1cc(C(=O)N2CC(CN)CC2C)n[nH]1.Cl. The molecule has 2 heterocycles. The van der Waals surface area contributed by atoms with E-state index in [1.165, 1.54) is 0 Å². The van der Waals surface area contributed by atoms with E-state index in [2.05, 4.69) is 31.0 Å². The van der Waals surface area contributed by atoms with Crippen molar-refractivity contribution in [2.75, 3.05) is 13.1 Å². The summed E-state index contributed by atoms with van der Waals surface area (Å²) in [5.41, 5.74) is 7.20. The van der Waals surface area contributed by atoms with Crippen molar-refractivity contribution < 1.29 is 4.79 Å². The van der Waals surface area contributed by atoms with Crippen molar-refractivity contribution in [2.24, 2.45) is 11.7 Å². The first-order valence-electron chi connectivity index (χ1n) is 6.59. The summed E-state index contributed by atoms with van der Waals surface area (Å²) in [6, 6.07) is 2.11. The Hall–Kier alpha value is -1.07. The van der Waals surface area contributed by atoms with E-state index in [0.717, 1.165) is 18.7 Å². The first-order valence-corrected chi connectivity index (χ1v) is 6.59. The van der Waals surface area contributed by atoms with Gasteiger partial charge in [0.15, 0.2) is 0 Å². The van der Waals surface area contributed by atoms with Gasteiger partial charge in [0.25, 0.3) is 5.91 Å². The molecule has 1 aromatic rings. The van der Waals surface area contributed by atoms with Crippen LogP contribution in [-0.4, -0.2) is 40.1 Å². The molecule has 2 unspecified atom stereocenters. The molecule has 19 heavy (non-hydrogen) atoms. The van der Waals surface area contributed by atoms with E-state index in [4.69, 9.17) is 5.73 Å². The van der Waals surface area contributed by atoms with Crippen molar-refractivity contribution >= 4 is 18.3 Å². The molecule has 3 N–H and O–H groups in total. The lowest BCUT2D eigenvalue weighted by atomic mass is 10.1. The zero-order valence-electron chi connectivity index (χ0n) is 11.7. The second-order valence-corrected chi connectivity index (χ2v) is 5.51. The van der Waals surface area contributed by atoms with E-state index in [1.807, 2.05) is 11.0 Å². The molecule has 2 atom stereocenters. The molecule has 0 bridgehead atoms. The number of aromatic amines is 1. The molecule has 6 heteroatoms. The second-order valence-electron chi connectivity index (χ2n) is 5.51. The summed E-state index contributed by atoms with van der Waals surface area (Å²) in [7, 11) is 0. The highest BCUT2D eigenvalue weighted by molar-refractivity contribution is 5.92. The van der Waals surface area contributed by atoms with E-state index in [9.17, 15) is 4.79 Å². The van der Waals surface area contributed by atoms with Gasteiger partial charge in [-0.05, 0) is 37.8 Å². The lowest BCUT2D eigenvalue weighted by Crippen LogP contribution is -2.34. The Labute approximate surface area is 120 Å². The van der Waals surface area contributed by atoms with Gasteiger partial charge >= 0.3 is 0 Å². The molecule has 5 nitrogen and oxygen atoms in total. The number of hydrogen-bond acceptors (Lipinski definition) is 3. The van der Waals surface area contributed by atoms with Gasteiger partial charge in [0, 0.05) is 18.3 Å². The van der Waals surface area contributed by atoms with Gasteiger partial charge in [-0.2, -0.15) is 5.10 Å². The zero-order chi connectivity index (χ0) is 13.3. The Bertz CT molecular complexity index is 432. The van der Waals surface area contributed by atoms with Gasteiger partial charge in [0.1, 0.15) is 5.69 Å². The Morgan fingerprint density at radius 3 is 2.79 bits per heavy atom. The van der Waals surface area contributed by atoms with Crippen molar-refractivity contribution in [3.63, 3.8) is 0 Å². The van der Waals surface area contributed by atoms with Crippen LogP contribution in [0.3, 0.4) is 0 Å². The molecule has 1 fully saturated rings. The van der Waals surface area contributed by atoms with Crippen molar-refractivity contribution in [1.29, 1.82) is 0 Å². The van der Waals surface area contributed by atoms with Gasteiger partial charge < -0.3 is 10.6 Å². The normalized spacial score (nSPS) is 22.7. The fraction of sp³-hybridized carbons (Fsp3) is 0.692. The topological polar surface area (TPSA) is 75.0 Å². The number of H-pyrrole nitrogens is 1. The molecule has 0 spiro atoms. The molecule has 108 valence electrons. The van der Waals surface area contributed by atoms with Crippen molar-refractivity contribution in [3.05, 3.63) is 17.5 Å². The minimum atomic E-state index is 0. The van der Waals surface area contributed by atoms with Crippen LogP contribution < -0.4 is 5.73 Å². The standard InChI is InChI=1S/C13H22N4O.ClH/c1-8(2)11-5-12(16-15-11)13(18)17-7-10(6-14)4-9(17)3;/h5,8-10H,4,6-7,14H2,1-3H3,(H,15,16);1H. The molecule has 0 radical (unpaired) electrons. The van der Waals surface area contributed by atoms with Crippen molar-refractivity contribution in [3.8, 4) is 0 Å². The number of carbonyl (C=O) groups excluding carboxylic acids is 1. The highest BCUT2D eigenvalue weighted by atomic mass is 35.5. The van der Waals surface area contributed by atoms with E-state index in [1.54, 1.807) is 0 Å². The number of likely N-dealkylation sites (tertiary alicyclic amines) is 1. The molecule has 2 rings (SSSR count). The van der Waals surface area contributed by atoms with Gasteiger partial charge in [0.05, 0.1) is 0 Å². The smallest absolute Gasteiger partial charge is 0.274 e. The molecular formula is C13H23ClN4O. The summed E-state index contributed by atoms with van der Waals surface area (Å²) in [5.74, 6) is 0.793. The number of nitrogens with two attached hydrogens (primary N) is 1. The number of amides is 1. The summed E-state index contributed by atoms with van der Waals surface area (Å²) in [4.78, 5) is 14.2. The highest BCUT2D eigenvalue weighted by Gasteiger charge is 2.33. The Morgan fingerprint density at radius 2 is 2.32 bits per heavy atom. The maximum absolute atomic E-state index is 12.4. The Balaban J connectivity index is 0.00000180. The monoisotopic (exact) mass is 286 g/mol. The van der Waals surface area contributed by atoms with Crippen molar-refractivity contribution in [1.82, 2.24) is 15.1 Å². The fourth-order valence-corrected chi connectivity index (χ4v) is 2.49. The number of rotatable bonds is 3. The van der Waals surface area contributed by atoms with Crippen molar-refractivity contribution in [2.45, 2.75) is 39.2 Å². The first-order chi connectivity index (χ1) is 8.52. The van der Waals surface area contributed by atoms with Crippen LogP contribution in [0.5, 0.6) is 0 Å². The fourth-order valence-electron chi connectivity index (χ4n) is 2.49. The zero-order valence-corrected chi connectivity index (χ0v) is 12.5. The van der Waals surface area contributed by atoms with Crippen LogP contribution in [0.2, 0.25) is 0 Å². The predicted octanol–water partition coefficient (Wildman–Crippen LogP) is 1.76. The molecule has 0 aromatic carbocycles. The molecule has 1 aliphatic heterocycles. The van der Waals surface area contributed by atoms with Gasteiger partial charge in [-0.15, -0.1) is 12.4 Å². The third-order valence-corrected chi connectivity index (χ3v) is 3.69. The number of hydrogen-bond donors (Lipinski definition) is 2. The quantitative estimate of drug-likeness (QED) is 0.889. The largest absolute Gasteiger partial charge is 0.334 e. The number of nitrogens with zero attached hydrogens (tertiary/aromatic N) is 2. The molecule has 1 aromatic heterocycles. The van der Waals surface area contributed by atoms with E-state index in [-0.39, 0.29) is 24.4 Å². The molecule has 1 amide bonds. The van der Waals surface area contributed by atoms with E-state index < -0.39 is 0 Å². The maximum Gasteiger partial charge on any atom is 0.274 e. The summed E-state index contributed by atoms with van der Waals surface area (Å²) < 4.78 is 0. The van der Waals surface area contributed by atoms with Crippen LogP contribution in [0.15, 0.2) is 6.07 Å². The average Bonchev–Trinajstić information content (AvgIpc) is 2.94. The molecular weight excluding hydrogens is 264 g/mol. The Morgan fingerprint density at radius 1 is 1.63 bits per heavy atom. The van der Waals surface area contributed by atoms with Gasteiger partial charge in [0.2, 0.25) is 0 Å². The van der Waals surface area contributed by atoms with Gasteiger partial charge in [-0.25, -0.2) is 0 Å². The van der Waals surface area contributed by atoms with E-state index >= 15 is 0 Å². The third kappa shape index (κ3) is 3.28. The minimum Gasteiger partial charge on any atom is -0.334 e.